The summed E-state index contributed by atoms with van der Waals surface area (Å²) in [5, 5.41) is 0. The molecule has 1 aromatic rings. The van der Waals surface area contributed by atoms with E-state index in [1.807, 2.05) is 0 Å². The molecule has 0 aliphatic carbocycles. The Bertz CT molecular complexity index is 1020. The predicted molar refractivity (Wildman–Crippen MR) is 97.4 cm³/mol. The Morgan fingerprint density at radius 1 is 1.28 bits per heavy atom. The third-order valence-electron chi connectivity index (χ3n) is 3.74. The van der Waals surface area contributed by atoms with Crippen molar-refractivity contribution < 1.29 is 40.0 Å². The molecule has 1 aromatic heterocycles. The zero-order chi connectivity index (χ0) is 22.1. The lowest BCUT2D eigenvalue weighted by atomic mass is 10.1. The van der Waals surface area contributed by atoms with Crippen molar-refractivity contribution in [3.8, 4) is 0 Å². The average Bonchev–Trinajstić information content (AvgIpc) is 3.05. The number of aliphatic imine (C=N–C) groups is 1. The van der Waals surface area contributed by atoms with E-state index in [1.54, 1.807) is 27.7 Å². The minimum atomic E-state index is -5.87. The van der Waals surface area contributed by atoms with Crippen LogP contribution in [0, 0.1) is 13.8 Å². The van der Waals surface area contributed by atoms with Gasteiger partial charge in [-0.2, -0.15) is 21.6 Å². The number of aryl methyl sites for hydroxylation is 1. The van der Waals surface area contributed by atoms with E-state index in [4.69, 9.17) is 9.47 Å². The maximum Gasteiger partial charge on any atom is 0.534 e. The second kappa shape index (κ2) is 7.93. The maximum atomic E-state index is 12.5. The molecule has 0 bridgehead atoms. The molecule has 0 aromatic carbocycles. The number of alkyl halides is 3. The molecule has 1 aliphatic rings. The minimum Gasteiger partial charge on any atom is -0.494 e. The van der Waals surface area contributed by atoms with Gasteiger partial charge < -0.3 is 18.6 Å². The molecule has 1 aliphatic heterocycles. The van der Waals surface area contributed by atoms with Gasteiger partial charge in [0.1, 0.15) is 11.5 Å². The number of aromatic amines is 1. The van der Waals surface area contributed by atoms with E-state index in [-0.39, 0.29) is 17.6 Å². The topological polar surface area (TPSA) is 107 Å². The van der Waals surface area contributed by atoms with Crippen LogP contribution in [0.4, 0.5) is 13.2 Å². The number of rotatable bonds is 5. The molecule has 0 fully saturated rings. The Labute approximate surface area is 165 Å². The summed E-state index contributed by atoms with van der Waals surface area (Å²) >= 11 is 0. The van der Waals surface area contributed by atoms with Crippen LogP contribution in [0.1, 0.15) is 41.2 Å². The number of nitrogens with zero attached hydrogens (tertiary/aromatic N) is 1. The van der Waals surface area contributed by atoms with Gasteiger partial charge >= 0.3 is 21.6 Å². The fraction of sp³-hybridized carbons (Fsp3) is 0.412. The number of halogens is 3. The van der Waals surface area contributed by atoms with Gasteiger partial charge in [-0.05, 0) is 39.3 Å². The smallest absolute Gasteiger partial charge is 0.494 e. The van der Waals surface area contributed by atoms with Crippen LogP contribution < -0.4 is 0 Å². The quantitative estimate of drug-likeness (QED) is 0.431. The molecular formula is C17H19F3N2O6S. The highest BCUT2D eigenvalue weighted by Gasteiger charge is 2.49. The van der Waals surface area contributed by atoms with Crippen LogP contribution >= 0.6 is 0 Å². The van der Waals surface area contributed by atoms with Gasteiger partial charge in [-0.1, -0.05) is 0 Å². The number of hydrogen-bond donors (Lipinski definition) is 1. The van der Waals surface area contributed by atoms with Crippen molar-refractivity contribution in [2.45, 2.75) is 39.3 Å². The van der Waals surface area contributed by atoms with Crippen LogP contribution in [0.5, 0.6) is 0 Å². The van der Waals surface area contributed by atoms with Gasteiger partial charge in [-0.3, -0.25) is 0 Å². The van der Waals surface area contributed by atoms with E-state index in [9.17, 15) is 26.4 Å². The highest BCUT2D eigenvalue weighted by molar-refractivity contribution is 7.88. The molecule has 0 saturated heterocycles. The fourth-order valence-corrected chi connectivity index (χ4v) is 2.90. The summed E-state index contributed by atoms with van der Waals surface area (Å²) < 4.78 is 74.0. The van der Waals surface area contributed by atoms with Crippen LogP contribution in [0.15, 0.2) is 22.5 Å². The summed E-state index contributed by atoms with van der Waals surface area (Å²) in [6.45, 7) is 6.71. The molecule has 0 spiro atoms. The molecule has 1 N–H and O–H groups in total. The Hall–Kier alpha value is -2.76. The third-order valence-corrected chi connectivity index (χ3v) is 4.70. The van der Waals surface area contributed by atoms with E-state index < -0.39 is 27.5 Å². The van der Waals surface area contributed by atoms with Gasteiger partial charge in [0.05, 0.1) is 18.8 Å². The van der Waals surface area contributed by atoms with Gasteiger partial charge in [0, 0.05) is 17.5 Å². The van der Waals surface area contributed by atoms with E-state index in [2.05, 4.69) is 14.2 Å². The predicted octanol–water partition coefficient (Wildman–Crippen LogP) is 3.35. The highest BCUT2D eigenvalue weighted by Crippen LogP contribution is 2.30. The third kappa shape index (κ3) is 4.81. The van der Waals surface area contributed by atoms with Crippen molar-refractivity contribution >= 4 is 28.1 Å². The SMILES string of the molecule is COC1=CC(OS(=O)(=O)C(F)(F)F)=N/C1=C\c1[nH]c(C)c(C(=O)OC(C)C)c1C. The monoisotopic (exact) mass is 436 g/mol. The minimum absolute atomic E-state index is 0.00741. The standard InChI is InChI=1S/C17H19F3N2O6S/c1-8(2)27-16(23)15-9(3)11(21-10(15)4)6-12-13(26-5)7-14(22-12)28-29(24,25)17(18,19)20/h6-8,21H,1-5H3/b12-6-. The van der Waals surface area contributed by atoms with Gasteiger partial charge in [0.25, 0.3) is 0 Å². The first-order valence-corrected chi connectivity index (χ1v) is 9.65. The molecule has 0 radical (unpaired) electrons. The number of aromatic nitrogens is 1. The van der Waals surface area contributed by atoms with E-state index in [0.717, 1.165) is 6.08 Å². The lowest BCUT2D eigenvalue weighted by molar-refractivity contribution is -0.0504. The summed E-state index contributed by atoms with van der Waals surface area (Å²) in [5.74, 6) is -1.35. The lowest BCUT2D eigenvalue weighted by Gasteiger charge is -2.08. The lowest BCUT2D eigenvalue weighted by Crippen LogP contribution is -2.27. The summed E-state index contributed by atoms with van der Waals surface area (Å²) in [5.41, 5.74) is -3.83. The normalized spacial score (nSPS) is 16.1. The number of carbonyl (C=O) groups excluding carboxylic acids is 1. The maximum absolute atomic E-state index is 12.5. The molecular weight excluding hydrogens is 417 g/mol. The molecule has 0 atom stereocenters. The largest absolute Gasteiger partial charge is 0.534 e. The summed E-state index contributed by atoms with van der Waals surface area (Å²) in [4.78, 5) is 18.9. The number of esters is 1. The van der Waals surface area contributed by atoms with Crippen LogP contribution in [-0.2, 0) is 23.8 Å². The average molecular weight is 436 g/mol. The second-order valence-electron chi connectivity index (χ2n) is 6.29. The first kappa shape index (κ1) is 22.5. The van der Waals surface area contributed by atoms with Crippen molar-refractivity contribution in [2.24, 2.45) is 4.99 Å². The van der Waals surface area contributed by atoms with Crippen molar-refractivity contribution in [3.05, 3.63) is 40.0 Å². The Kier molecular flexibility index (Phi) is 6.16. The molecule has 2 rings (SSSR count). The molecule has 8 nitrogen and oxygen atoms in total. The van der Waals surface area contributed by atoms with E-state index in [0.29, 0.717) is 22.5 Å². The number of carbonyl (C=O) groups is 1. The van der Waals surface area contributed by atoms with Gasteiger partial charge in [-0.15, -0.1) is 0 Å². The zero-order valence-electron chi connectivity index (χ0n) is 16.2. The zero-order valence-corrected chi connectivity index (χ0v) is 17.0. The second-order valence-corrected chi connectivity index (χ2v) is 7.83. The molecule has 0 amide bonds. The van der Waals surface area contributed by atoms with Crippen molar-refractivity contribution in [2.75, 3.05) is 7.11 Å². The van der Waals surface area contributed by atoms with E-state index >= 15 is 0 Å². The molecule has 12 heteroatoms. The van der Waals surface area contributed by atoms with Crippen molar-refractivity contribution in [1.29, 1.82) is 0 Å². The van der Waals surface area contributed by atoms with Gasteiger partial charge in [0.2, 0.25) is 5.90 Å². The fourth-order valence-electron chi connectivity index (χ4n) is 2.50. The summed E-state index contributed by atoms with van der Waals surface area (Å²) in [7, 11) is -4.64. The highest BCUT2D eigenvalue weighted by atomic mass is 32.2. The van der Waals surface area contributed by atoms with Crippen molar-refractivity contribution in [1.82, 2.24) is 4.98 Å². The number of hydrogen-bond acceptors (Lipinski definition) is 7. The molecule has 2 heterocycles. The van der Waals surface area contributed by atoms with Crippen LogP contribution in [-0.4, -0.2) is 44.0 Å². The van der Waals surface area contributed by atoms with Crippen LogP contribution in [0.3, 0.4) is 0 Å². The number of ether oxygens (including phenoxy) is 2. The number of methoxy groups -OCH3 is 1. The van der Waals surface area contributed by atoms with Crippen molar-refractivity contribution in [3.63, 3.8) is 0 Å². The Morgan fingerprint density at radius 2 is 1.90 bits per heavy atom. The molecule has 0 saturated carbocycles. The first-order valence-electron chi connectivity index (χ1n) is 8.24. The molecule has 160 valence electrons. The van der Waals surface area contributed by atoms with Crippen LogP contribution in [0.25, 0.3) is 6.08 Å². The number of nitrogens with one attached hydrogen (secondary N) is 1. The van der Waals surface area contributed by atoms with Gasteiger partial charge in [-0.25, -0.2) is 9.79 Å². The first-order chi connectivity index (χ1) is 13.3. The summed E-state index contributed by atoms with van der Waals surface area (Å²) in [6, 6.07) is 0. The summed E-state index contributed by atoms with van der Waals surface area (Å²) in [6.07, 6.45) is 1.98. The number of H-pyrrole nitrogens is 1. The van der Waals surface area contributed by atoms with Gasteiger partial charge in [0.15, 0.2) is 0 Å². The Balaban J connectivity index is 2.41. The Morgan fingerprint density at radius 3 is 2.41 bits per heavy atom. The van der Waals surface area contributed by atoms with Crippen LogP contribution in [0.2, 0.25) is 0 Å². The molecule has 29 heavy (non-hydrogen) atoms. The molecule has 0 unspecified atom stereocenters. The van der Waals surface area contributed by atoms with E-state index in [1.165, 1.54) is 13.2 Å².